The van der Waals surface area contributed by atoms with E-state index in [0.717, 1.165) is 0 Å². The molecule has 0 radical (unpaired) electrons. The number of para-hydroxylation sites is 2. The van der Waals surface area contributed by atoms with Gasteiger partial charge in [-0.1, -0.05) is 127 Å². The van der Waals surface area contributed by atoms with Crippen LogP contribution < -0.4 is 0 Å². The zero-order valence-electron chi connectivity index (χ0n) is 26.1. The molecule has 9 aromatic carbocycles. The SMILES string of the molecule is c1ccc(-n2c3ccc(-n4c5ccccc5c5c6c7ccccc7ccc6c6ccccc6c54)cc3c3c4ccccc4ccc32)cc1. The van der Waals surface area contributed by atoms with Gasteiger partial charge in [0.25, 0.3) is 0 Å². The van der Waals surface area contributed by atoms with E-state index in [4.69, 9.17) is 0 Å². The van der Waals surface area contributed by atoms with E-state index in [1.54, 1.807) is 0 Å². The fraction of sp³-hybridized carbons (Fsp3) is 0. The average molecular weight is 609 g/mol. The molecule has 0 aliphatic carbocycles. The minimum atomic E-state index is 1.17. The van der Waals surface area contributed by atoms with Crippen molar-refractivity contribution in [2.45, 2.75) is 0 Å². The van der Waals surface area contributed by atoms with Crippen LogP contribution in [0.5, 0.6) is 0 Å². The van der Waals surface area contributed by atoms with E-state index in [9.17, 15) is 0 Å². The lowest BCUT2D eigenvalue weighted by Crippen LogP contribution is -1.96. The van der Waals surface area contributed by atoms with Gasteiger partial charge in [-0.2, -0.15) is 0 Å². The maximum absolute atomic E-state index is 2.52. The van der Waals surface area contributed by atoms with Gasteiger partial charge in [-0.15, -0.1) is 0 Å². The van der Waals surface area contributed by atoms with Crippen LogP contribution in [0.4, 0.5) is 0 Å². The zero-order valence-corrected chi connectivity index (χ0v) is 26.1. The molecule has 0 aliphatic heterocycles. The normalized spacial score (nSPS) is 12.2. The summed E-state index contributed by atoms with van der Waals surface area (Å²) in [7, 11) is 0. The molecule has 2 heterocycles. The van der Waals surface area contributed by atoms with Gasteiger partial charge in [0.05, 0.1) is 22.1 Å². The van der Waals surface area contributed by atoms with E-state index in [-0.39, 0.29) is 0 Å². The maximum Gasteiger partial charge on any atom is 0.0626 e. The molecule has 2 aromatic heterocycles. The van der Waals surface area contributed by atoms with Crippen molar-refractivity contribution in [3.8, 4) is 11.4 Å². The van der Waals surface area contributed by atoms with Crippen LogP contribution in [-0.4, -0.2) is 9.13 Å². The molecule has 0 unspecified atom stereocenters. The van der Waals surface area contributed by atoms with Crippen molar-refractivity contribution < 1.29 is 0 Å². The molecular weight excluding hydrogens is 581 g/mol. The molecule has 0 N–H and O–H groups in total. The molecule has 2 heteroatoms. The minimum Gasteiger partial charge on any atom is -0.309 e. The molecule has 0 fully saturated rings. The Balaban J connectivity index is 1.35. The fourth-order valence-electron chi connectivity index (χ4n) is 8.48. The van der Waals surface area contributed by atoms with E-state index < -0.39 is 0 Å². The highest BCUT2D eigenvalue weighted by Gasteiger charge is 2.22. The fourth-order valence-corrected chi connectivity index (χ4v) is 8.48. The summed E-state index contributed by atoms with van der Waals surface area (Å²) in [5.41, 5.74) is 7.23. The molecular formula is C46H28N2. The van der Waals surface area contributed by atoms with Gasteiger partial charge in [-0.3, -0.25) is 0 Å². The van der Waals surface area contributed by atoms with Gasteiger partial charge in [0, 0.05) is 43.7 Å². The summed E-state index contributed by atoms with van der Waals surface area (Å²) in [5, 5.41) is 15.4. The van der Waals surface area contributed by atoms with E-state index in [2.05, 4.69) is 179 Å². The highest BCUT2D eigenvalue weighted by Crippen LogP contribution is 2.45. The van der Waals surface area contributed by atoms with Gasteiger partial charge in [0.1, 0.15) is 0 Å². The minimum absolute atomic E-state index is 1.17. The predicted molar refractivity (Wildman–Crippen MR) is 205 cm³/mol. The molecule has 11 rings (SSSR count). The zero-order chi connectivity index (χ0) is 31.3. The van der Waals surface area contributed by atoms with Crippen LogP contribution in [0.15, 0.2) is 170 Å². The third-order valence-corrected chi connectivity index (χ3v) is 10.4. The topological polar surface area (TPSA) is 9.86 Å². The third-order valence-electron chi connectivity index (χ3n) is 10.4. The molecule has 0 amide bonds. The summed E-state index contributed by atoms with van der Waals surface area (Å²) in [6.07, 6.45) is 0. The Bertz CT molecular complexity index is 3100. The molecule has 0 saturated carbocycles. The first-order chi connectivity index (χ1) is 23.8. The molecule has 48 heavy (non-hydrogen) atoms. The van der Waals surface area contributed by atoms with Gasteiger partial charge in [0.2, 0.25) is 0 Å². The van der Waals surface area contributed by atoms with Crippen LogP contribution >= 0.6 is 0 Å². The molecule has 222 valence electrons. The van der Waals surface area contributed by atoms with Crippen LogP contribution in [0.2, 0.25) is 0 Å². The summed E-state index contributed by atoms with van der Waals surface area (Å²) >= 11 is 0. The molecule has 0 atom stereocenters. The van der Waals surface area contributed by atoms with Gasteiger partial charge in [-0.05, 0) is 74.8 Å². The van der Waals surface area contributed by atoms with Crippen LogP contribution in [0.25, 0.3) is 98.1 Å². The van der Waals surface area contributed by atoms with Crippen molar-refractivity contribution >= 4 is 86.7 Å². The third kappa shape index (κ3) is 3.36. The number of benzene rings is 9. The average Bonchev–Trinajstić information content (AvgIpc) is 3.68. The maximum atomic E-state index is 2.52. The van der Waals surface area contributed by atoms with E-state index in [1.807, 2.05) is 0 Å². The molecule has 2 nitrogen and oxygen atoms in total. The van der Waals surface area contributed by atoms with Crippen LogP contribution in [0.1, 0.15) is 0 Å². The second-order valence-electron chi connectivity index (χ2n) is 12.9. The van der Waals surface area contributed by atoms with Gasteiger partial charge >= 0.3 is 0 Å². The number of hydrogen-bond acceptors (Lipinski definition) is 0. The Hall–Kier alpha value is -6.38. The summed E-state index contributed by atoms with van der Waals surface area (Å²) in [5.74, 6) is 0. The van der Waals surface area contributed by atoms with Crippen LogP contribution in [0.3, 0.4) is 0 Å². The van der Waals surface area contributed by atoms with Gasteiger partial charge in [-0.25, -0.2) is 0 Å². The Morgan fingerprint density at radius 2 is 0.854 bits per heavy atom. The molecule has 11 aromatic rings. The monoisotopic (exact) mass is 608 g/mol. The predicted octanol–water partition coefficient (Wildman–Crippen LogP) is 12.5. The van der Waals surface area contributed by atoms with Crippen LogP contribution in [0, 0.1) is 0 Å². The second-order valence-corrected chi connectivity index (χ2v) is 12.9. The van der Waals surface area contributed by atoms with Crippen molar-refractivity contribution in [1.82, 2.24) is 9.13 Å². The van der Waals surface area contributed by atoms with Crippen molar-refractivity contribution in [3.63, 3.8) is 0 Å². The lowest BCUT2D eigenvalue weighted by atomic mass is 9.93. The molecule has 0 saturated heterocycles. The first-order valence-corrected chi connectivity index (χ1v) is 16.6. The second kappa shape index (κ2) is 9.57. The van der Waals surface area contributed by atoms with Crippen molar-refractivity contribution in [1.29, 1.82) is 0 Å². The molecule has 0 spiro atoms. The summed E-state index contributed by atoms with van der Waals surface area (Å²) in [6.45, 7) is 0. The Morgan fingerprint density at radius 1 is 0.271 bits per heavy atom. The molecule has 0 aliphatic rings. The Morgan fingerprint density at radius 3 is 1.65 bits per heavy atom. The number of aromatic nitrogens is 2. The van der Waals surface area contributed by atoms with Crippen molar-refractivity contribution in [2.75, 3.05) is 0 Å². The number of nitrogens with zero attached hydrogens (tertiary/aromatic N) is 2. The van der Waals surface area contributed by atoms with Gasteiger partial charge in [0.15, 0.2) is 0 Å². The van der Waals surface area contributed by atoms with Crippen LogP contribution in [-0.2, 0) is 0 Å². The number of fused-ring (bicyclic) bond motifs is 15. The first kappa shape index (κ1) is 25.8. The Labute approximate surface area is 276 Å². The number of rotatable bonds is 2. The summed E-state index contributed by atoms with van der Waals surface area (Å²) in [6, 6.07) is 62.4. The largest absolute Gasteiger partial charge is 0.309 e. The van der Waals surface area contributed by atoms with E-state index in [1.165, 1.54) is 98.1 Å². The lowest BCUT2D eigenvalue weighted by molar-refractivity contribution is 1.17. The number of hydrogen-bond donors (Lipinski definition) is 0. The first-order valence-electron chi connectivity index (χ1n) is 16.6. The van der Waals surface area contributed by atoms with Crippen molar-refractivity contribution in [2.24, 2.45) is 0 Å². The quantitative estimate of drug-likeness (QED) is 0.173. The van der Waals surface area contributed by atoms with E-state index >= 15 is 0 Å². The Kier molecular flexibility index (Phi) is 5.14. The lowest BCUT2D eigenvalue weighted by Gasteiger charge is -2.14. The van der Waals surface area contributed by atoms with Crippen molar-refractivity contribution in [3.05, 3.63) is 170 Å². The van der Waals surface area contributed by atoms with Gasteiger partial charge < -0.3 is 9.13 Å². The standard InChI is InChI=1S/C46H28N2/c1-2-14-31(15-3-1)47-41-27-24-32(28-39(41)43-33-16-6-4-13-30(33)23-26-42(43)47)48-40-21-11-10-20-38(40)45-44-34-17-7-5-12-29(34)22-25-36(44)35-18-8-9-19-37(35)46(45)48/h1-28H. The highest BCUT2D eigenvalue weighted by molar-refractivity contribution is 6.37. The highest BCUT2D eigenvalue weighted by atomic mass is 15.0. The smallest absolute Gasteiger partial charge is 0.0626 e. The molecule has 0 bridgehead atoms. The van der Waals surface area contributed by atoms with E-state index in [0.29, 0.717) is 0 Å². The summed E-state index contributed by atoms with van der Waals surface area (Å²) in [4.78, 5) is 0. The summed E-state index contributed by atoms with van der Waals surface area (Å²) < 4.78 is 4.94.